The molecule has 21 heavy (non-hydrogen) atoms. The molecule has 1 aliphatic heterocycles. The number of rotatable bonds is 8. The van der Waals surface area contributed by atoms with Gasteiger partial charge in [0.25, 0.3) is 0 Å². The predicted octanol–water partition coefficient (Wildman–Crippen LogP) is 6.15. The van der Waals surface area contributed by atoms with Crippen LogP contribution in [0.5, 0.6) is 0 Å². The summed E-state index contributed by atoms with van der Waals surface area (Å²) >= 11 is 0. The monoisotopic (exact) mass is 291 g/mol. The minimum atomic E-state index is 0.878. The molecule has 1 saturated heterocycles. The van der Waals surface area contributed by atoms with Crippen LogP contribution in [0.15, 0.2) is 12.3 Å². The fraction of sp³-hybridized carbons (Fsp3) is 0.900. The molecule has 0 radical (unpaired) electrons. The molecular formula is C20H37N. The van der Waals surface area contributed by atoms with E-state index in [2.05, 4.69) is 24.1 Å². The molecule has 2 aliphatic rings. The third-order valence-electron chi connectivity index (χ3n) is 5.57. The summed E-state index contributed by atoms with van der Waals surface area (Å²) in [6.45, 7) is 4.89. The summed E-state index contributed by atoms with van der Waals surface area (Å²) in [5, 5.41) is 0. The molecule has 0 atom stereocenters. The van der Waals surface area contributed by atoms with Gasteiger partial charge in [0.2, 0.25) is 0 Å². The number of allylic oxidation sites excluding steroid dienone is 1. The number of likely N-dealkylation sites (tertiary alicyclic amines) is 1. The maximum Gasteiger partial charge on any atom is 0.0172 e. The molecule has 0 unspecified atom stereocenters. The maximum atomic E-state index is 2.54. The lowest BCUT2D eigenvalue weighted by Crippen LogP contribution is -2.24. The smallest absolute Gasteiger partial charge is 0.0172 e. The average Bonchev–Trinajstić information content (AvgIpc) is 2.55. The lowest BCUT2D eigenvalue weighted by Gasteiger charge is -2.29. The quantitative estimate of drug-likeness (QED) is 0.485. The van der Waals surface area contributed by atoms with Crippen molar-refractivity contribution in [3.63, 3.8) is 0 Å². The van der Waals surface area contributed by atoms with E-state index in [4.69, 9.17) is 0 Å². The minimum absolute atomic E-state index is 0.878. The van der Waals surface area contributed by atoms with E-state index in [1.54, 1.807) is 0 Å². The van der Waals surface area contributed by atoms with Crippen LogP contribution in [-0.2, 0) is 0 Å². The van der Waals surface area contributed by atoms with E-state index in [0.29, 0.717) is 0 Å². The first-order valence-corrected chi connectivity index (χ1v) is 9.81. The van der Waals surface area contributed by atoms with Crippen molar-refractivity contribution in [3.05, 3.63) is 12.3 Å². The van der Waals surface area contributed by atoms with Gasteiger partial charge in [-0.25, -0.2) is 0 Å². The Balaban J connectivity index is 1.54. The highest BCUT2D eigenvalue weighted by atomic mass is 15.1. The fourth-order valence-corrected chi connectivity index (χ4v) is 4.02. The zero-order valence-corrected chi connectivity index (χ0v) is 14.4. The van der Waals surface area contributed by atoms with Crippen LogP contribution in [0, 0.1) is 11.8 Å². The maximum absolute atomic E-state index is 2.54. The van der Waals surface area contributed by atoms with E-state index in [0.717, 1.165) is 11.8 Å². The Kier molecular flexibility index (Phi) is 8.29. The van der Waals surface area contributed by atoms with Gasteiger partial charge in [-0.15, -0.1) is 0 Å². The van der Waals surface area contributed by atoms with Crippen LogP contribution in [0.2, 0.25) is 0 Å². The summed E-state index contributed by atoms with van der Waals surface area (Å²) in [5.74, 6) is 1.93. The average molecular weight is 292 g/mol. The van der Waals surface area contributed by atoms with Crippen molar-refractivity contribution in [3.8, 4) is 0 Å². The largest absolute Gasteiger partial charge is 0.378 e. The Bertz CT molecular complexity index is 270. The van der Waals surface area contributed by atoms with Gasteiger partial charge in [0.05, 0.1) is 0 Å². The van der Waals surface area contributed by atoms with Crippen LogP contribution in [0.1, 0.15) is 90.4 Å². The summed E-state index contributed by atoms with van der Waals surface area (Å²) in [7, 11) is 0. The van der Waals surface area contributed by atoms with Crippen LogP contribution in [0.25, 0.3) is 0 Å². The fourth-order valence-electron chi connectivity index (χ4n) is 4.02. The first-order valence-electron chi connectivity index (χ1n) is 9.81. The van der Waals surface area contributed by atoms with E-state index in [1.165, 1.54) is 96.6 Å². The first kappa shape index (κ1) is 16.9. The highest BCUT2D eigenvalue weighted by molar-refractivity contribution is 4.91. The van der Waals surface area contributed by atoms with Gasteiger partial charge in [0, 0.05) is 13.1 Å². The molecule has 0 amide bonds. The normalized spacial score (nSPS) is 27.4. The van der Waals surface area contributed by atoms with E-state index in [-0.39, 0.29) is 0 Å². The summed E-state index contributed by atoms with van der Waals surface area (Å²) in [5.41, 5.74) is 0. The number of unbranched alkanes of at least 4 members (excludes halogenated alkanes) is 4. The summed E-state index contributed by atoms with van der Waals surface area (Å²) in [6, 6.07) is 0. The van der Waals surface area contributed by atoms with Gasteiger partial charge in [-0.2, -0.15) is 0 Å². The standard InChI is InChI=1S/C20H37N/c1-2-3-4-5-7-10-19-11-13-20(14-12-19)15-18-21-16-8-6-9-17-21/h15,18-20H,2-14,16-17H2,1H3. The molecular weight excluding hydrogens is 254 g/mol. The van der Waals surface area contributed by atoms with E-state index < -0.39 is 0 Å². The summed E-state index contributed by atoms with van der Waals surface area (Å²) in [6.07, 6.45) is 23.8. The number of nitrogens with zero attached hydrogens (tertiary/aromatic N) is 1. The summed E-state index contributed by atoms with van der Waals surface area (Å²) < 4.78 is 0. The topological polar surface area (TPSA) is 3.24 Å². The van der Waals surface area contributed by atoms with Crippen LogP contribution in [-0.4, -0.2) is 18.0 Å². The molecule has 1 heteroatoms. The third kappa shape index (κ3) is 6.89. The molecule has 0 aromatic heterocycles. The van der Waals surface area contributed by atoms with Crippen molar-refractivity contribution in [2.24, 2.45) is 11.8 Å². The van der Waals surface area contributed by atoms with Crippen molar-refractivity contribution >= 4 is 0 Å². The van der Waals surface area contributed by atoms with Crippen LogP contribution in [0.3, 0.4) is 0 Å². The van der Waals surface area contributed by atoms with Crippen molar-refractivity contribution < 1.29 is 0 Å². The van der Waals surface area contributed by atoms with Crippen LogP contribution in [0.4, 0.5) is 0 Å². The van der Waals surface area contributed by atoms with Crippen molar-refractivity contribution in [2.75, 3.05) is 13.1 Å². The molecule has 0 bridgehead atoms. The molecule has 2 fully saturated rings. The Morgan fingerprint density at radius 1 is 0.857 bits per heavy atom. The molecule has 0 aromatic rings. The molecule has 2 rings (SSSR count). The van der Waals surface area contributed by atoms with Crippen molar-refractivity contribution in [1.82, 2.24) is 4.90 Å². The molecule has 1 heterocycles. The molecule has 122 valence electrons. The lowest BCUT2D eigenvalue weighted by molar-refractivity contribution is 0.279. The zero-order valence-electron chi connectivity index (χ0n) is 14.4. The van der Waals surface area contributed by atoms with Gasteiger partial charge in [0.1, 0.15) is 0 Å². The molecule has 0 N–H and O–H groups in total. The highest BCUT2D eigenvalue weighted by Crippen LogP contribution is 2.32. The molecule has 0 spiro atoms. The summed E-state index contributed by atoms with van der Waals surface area (Å²) in [4.78, 5) is 2.54. The predicted molar refractivity (Wildman–Crippen MR) is 93.4 cm³/mol. The highest BCUT2D eigenvalue weighted by Gasteiger charge is 2.19. The Hall–Kier alpha value is -0.460. The Morgan fingerprint density at radius 2 is 1.57 bits per heavy atom. The Labute approximate surface area is 133 Å². The second kappa shape index (κ2) is 10.3. The van der Waals surface area contributed by atoms with Crippen LogP contribution < -0.4 is 0 Å². The molecule has 1 aliphatic carbocycles. The molecule has 1 nitrogen and oxygen atoms in total. The van der Waals surface area contributed by atoms with E-state index >= 15 is 0 Å². The first-order chi connectivity index (χ1) is 10.4. The SMILES string of the molecule is CCCCCCCC1CCC(C=CN2CCCCC2)CC1. The lowest BCUT2D eigenvalue weighted by atomic mass is 9.79. The van der Waals surface area contributed by atoms with E-state index in [1.807, 2.05) is 0 Å². The van der Waals surface area contributed by atoms with Crippen molar-refractivity contribution in [2.45, 2.75) is 90.4 Å². The molecule has 1 saturated carbocycles. The number of hydrogen-bond donors (Lipinski definition) is 0. The minimum Gasteiger partial charge on any atom is -0.378 e. The third-order valence-corrected chi connectivity index (χ3v) is 5.57. The van der Waals surface area contributed by atoms with Gasteiger partial charge >= 0.3 is 0 Å². The molecule has 0 aromatic carbocycles. The van der Waals surface area contributed by atoms with Gasteiger partial charge in [0.15, 0.2) is 0 Å². The van der Waals surface area contributed by atoms with Gasteiger partial charge in [-0.3, -0.25) is 0 Å². The Morgan fingerprint density at radius 3 is 2.29 bits per heavy atom. The number of hydrogen-bond acceptors (Lipinski definition) is 1. The van der Waals surface area contributed by atoms with Crippen LogP contribution >= 0.6 is 0 Å². The van der Waals surface area contributed by atoms with E-state index in [9.17, 15) is 0 Å². The van der Waals surface area contributed by atoms with Crippen molar-refractivity contribution in [1.29, 1.82) is 0 Å². The second-order valence-electron chi connectivity index (χ2n) is 7.42. The number of piperidine rings is 1. The zero-order chi connectivity index (χ0) is 14.8. The second-order valence-corrected chi connectivity index (χ2v) is 7.42. The van der Waals surface area contributed by atoms with Gasteiger partial charge in [-0.05, 0) is 63.0 Å². The van der Waals surface area contributed by atoms with Gasteiger partial charge < -0.3 is 4.90 Å². The van der Waals surface area contributed by atoms with Gasteiger partial charge in [-0.1, -0.05) is 51.5 Å².